The molecule has 1 N–H and O–H groups in total. The number of carbonyl (C=O) groups is 1. The number of hydrogen-bond donors (Lipinski definition) is 1. The molecule has 0 saturated carbocycles. The van der Waals surface area contributed by atoms with Crippen molar-refractivity contribution < 1.29 is 4.79 Å². The molecule has 0 unspecified atom stereocenters. The van der Waals surface area contributed by atoms with Gasteiger partial charge in [0.2, 0.25) is 5.91 Å². The predicted octanol–water partition coefficient (Wildman–Crippen LogP) is 1.99. The number of benzene rings is 1. The third kappa shape index (κ3) is 4.21. The topological polar surface area (TPSA) is 32.3 Å². The fourth-order valence-electron chi connectivity index (χ4n) is 1.38. The zero-order chi connectivity index (χ0) is 11.3. The van der Waals surface area contributed by atoms with Crippen molar-refractivity contribution in [3.05, 3.63) is 29.8 Å². The van der Waals surface area contributed by atoms with Crippen molar-refractivity contribution in [2.45, 2.75) is 13.3 Å². The minimum atomic E-state index is 0. The first-order valence-electron chi connectivity index (χ1n) is 5.13. The van der Waals surface area contributed by atoms with Gasteiger partial charge in [-0.25, -0.2) is 0 Å². The molecule has 90 valence electrons. The van der Waals surface area contributed by atoms with Gasteiger partial charge in [0.15, 0.2) is 0 Å². The Hall–Kier alpha value is -1.06. The summed E-state index contributed by atoms with van der Waals surface area (Å²) in [6.45, 7) is 2.74. The number of anilines is 1. The lowest BCUT2D eigenvalue weighted by molar-refractivity contribution is -0.118. The first-order valence-corrected chi connectivity index (χ1v) is 5.13. The Balaban J connectivity index is 0.00000225. The Morgan fingerprint density at radius 3 is 2.69 bits per heavy atom. The van der Waals surface area contributed by atoms with Gasteiger partial charge >= 0.3 is 0 Å². The molecule has 0 aromatic heterocycles. The van der Waals surface area contributed by atoms with Gasteiger partial charge in [0, 0.05) is 25.7 Å². The summed E-state index contributed by atoms with van der Waals surface area (Å²) in [6.07, 6.45) is 0.529. The molecule has 0 radical (unpaired) electrons. The lowest BCUT2D eigenvalue weighted by Crippen LogP contribution is -2.28. The maximum Gasteiger partial charge on any atom is 0.227 e. The Labute approximate surface area is 103 Å². The van der Waals surface area contributed by atoms with Crippen molar-refractivity contribution in [2.75, 3.05) is 25.5 Å². The Bertz CT molecular complexity index is 342. The van der Waals surface area contributed by atoms with E-state index >= 15 is 0 Å². The molecule has 0 aliphatic rings. The second-order valence-corrected chi connectivity index (χ2v) is 3.65. The van der Waals surface area contributed by atoms with Gasteiger partial charge in [0.05, 0.1) is 0 Å². The number of halogens is 1. The lowest BCUT2D eigenvalue weighted by Gasteiger charge is -2.17. The lowest BCUT2D eigenvalue weighted by atomic mass is 10.2. The van der Waals surface area contributed by atoms with Crippen LogP contribution in [0.2, 0.25) is 0 Å². The number of rotatable bonds is 4. The molecule has 1 amide bonds. The average Bonchev–Trinajstić information content (AvgIpc) is 2.24. The summed E-state index contributed by atoms with van der Waals surface area (Å²) < 4.78 is 0. The van der Waals surface area contributed by atoms with Gasteiger partial charge in [-0.2, -0.15) is 0 Å². The van der Waals surface area contributed by atoms with E-state index in [9.17, 15) is 4.79 Å². The summed E-state index contributed by atoms with van der Waals surface area (Å²) in [5, 5.41) is 2.97. The molecule has 16 heavy (non-hydrogen) atoms. The zero-order valence-electron chi connectivity index (χ0n) is 9.99. The van der Waals surface area contributed by atoms with Crippen LogP contribution in [0.15, 0.2) is 24.3 Å². The minimum Gasteiger partial charge on any atom is -0.319 e. The summed E-state index contributed by atoms with van der Waals surface area (Å²) in [7, 11) is 3.66. The quantitative estimate of drug-likeness (QED) is 0.876. The van der Waals surface area contributed by atoms with E-state index in [1.54, 1.807) is 4.90 Å². The van der Waals surface area contributed by atoms with Gasteiger partial charge in [-0.1, -0.05) is 12.1 Å². The van der Waals surface area contributed by atoms with E-state index in [4.69, 9.17) is 0 Å². The van der Waals surface area contributed by atoms with Crippen molar-refractivity contribution in [2.24, 2.45) is 0 Å². The highest BCUT2D eigenvalue weighted by Crippen LogP contribution is 2.14. The summed E-state index contributed by atoms with van der Waals surface area (Å²) in [5.74, 6) is 0.134. The van der Waals surface area contributed by atoms with Crippen LogP contribution < -0.4 is 10.2 Å². The minimum absolute atomic E-state index is 0. The average molecular weight is 243 g/mol. The maximum atomic E-state index is 11.7. The smallest absolute Gasteiger partial charge is 0.227 e. The second kappa shape index (κ2) is 7.25. The molecule has 0 atom stereocenters. The SMILES string of the molecule is CNCCC(=O)N(C)c1cccc(C)c1.Cl. The van der Waals surface area contributed by atoms with E-state index in [-0.39, 0.29) is 18.3 Å². The molecule has 3 nitrogen and oxygen atoms in total. The standard InChI is InChI=1S/C12H18N2O.ClH/c1-10-5-4-6-11(9-10)14(3)12(15)7-8-13-2;/h4-6,9,13H,7-8H2,1-3H3;1H. The van der Waals surface area contributed by atoms with Crippen LogP contribution >= 0.6 is 12.4 Å². The number of hydrogen-bond acceptors (Lipinski definition) is 2. The maximum absolute atomic E-state index is 11.7. The first kappa shape index (κ1) is 14.9. The largest absolute Gasteiger partial charge is 0.319 e. The van der Waals surface area contributed by atoms with E-state index in [1.165, 1.54) is 5.56 Å². The number of nitrogens with one attached hydrogen (secondary N) is 1. The van der Waals surface area contributed by atoms with Gasteiger partial charge < -0.3 is 10.2 Å². The van der Waals surface area contributed by atoms with Crippen molar-refractivity contribution >= 4 is 24.0 Å². The number of amides is 1. The van der Waals surface area contributed by atoms with Crippen LogP contribution in [0.3, 0.4) is 0 Å². The zero-order valence-corrected chi connectivity index (χ0v) is 10.8. The monoisotopic (exact) mass is 242 g/mol. The van der Waals surface area contributed by atoms with Gasteiger partial charge in [-0.05, 0) is 31.7 Å². The molecule has 1 aromatic carbocycles. The summed E-state index contributed by atoms with van der Waals surface area (Å²) in [5.41, 5.74) is 2.12. The third-order valence-electron chi connectivity index (χ3n) is 2.35. The van der Waals surface area contributed by atoms with E-state index in [0.29, 0.717) is 6.42 Å². The van der Waals surface area contributed by atoms with E-state index in [2.05, 4.69) is 5.32 Å². The fraction of sp³-hybridized carbons (Fsp3) is 0.417. The fourth-order valence-corrected chi connectivity index (χ4v) is 1.38. The van der Waals surface area contributed by atoms with Crippen LogP contribution in [-0.2, 0) is 4.79 Å². The van der Waals surface area contributed by atoms with Gasteiger partial charge in [0.25, 0.3) is 0 Å². The van der Waals surface area contributed by atoms with Crippen LogP contribution in [0.1, 0.15) is 12.0 Å². The second-order valence-electron chi connectivity index (χ2n) is 3.65. The van der Waals surface area contributed by atoms with E-state index in [1.807, 2.05) is 45.3 Å². The number of carbonyl (C=O) groups excluding carboxylic acids is 1. The van der Waals surface area contributed by atoms with Crippen molar-refractivity contribution in [1.29, 1.82) is 0 Å². The summed E-state index contributed by atoms with van der Waals surface area (Å²) in [6, 6.07) is 7.95. The molecular weight excluding hydrogens is 224 g/mol. The van der Waals surface area contributed by atoms with Gasteiger partial charge in [-0.3, -0.25) is 4.79 Å². The predicted molar refractivity (Wildman–Crippen MR) is 70.4 cm³/mol. The van der Waals surface area contributed by atoms with Crippen LogP contribution in [0.5, 0.6) is 0 Å². The molecule has 0 heterocycles. The Kier molecular flexibility index (Phi) is 6.77. The van der Waals surface area contributed by atoms with E-state index < -0.39 is 0 Å². The molecule has 0 aliphatic carbocycles. The molecule has 0 fully saturated rings. The molecule has 0 aliphatic heterocycles. The third-order valence-corrected chi connectivity index (χ3v) is 2.35. The normalized spacial score (nSPS) is 9.44. The highest BCUT2D eigenvalue weighted by molar-refractivity contribution is 5.92. The summed E-state index contributed by atoms with van der Waals surface area (Å²) >= 11 is 0. The van der Waals surface area contributed by atoms with Gasteiger partial charge in [0.1, 0.15) is 0 Å². The van der Waals surface area contributed by atoms with Crippen LogP contribution in [-0.4, -0.2) is 26.5 Å². The Morgan fingerprint density at radius 1 is 1.44 bits per heavy atom. The number of aryl methyl sites for hydroxylation is 1. The molecule has 1 rings (SSSR count). The molecule has 1 aromatic rings. The van der Waals surface area contributed by atoms with Crippen LogP contribution in [0.25, 0.3) is 0 Å². The molecule has 0 spiro atoms. The van der Waals surface area contributed by atoms with Crippen molar-refractivity contribution in [3.63, 3.8) is 0 Å². The molecular formula is C12H19ClN2O. The Morgan fingerprint density at radius 2 is 2.12 bits per heavy atom. The van der Waals surface area contributed by atoms with Gasteiger partial charge in [-0.15, -0.1) is 12.4 Å². The van der Waals surface area contributed by atoms with E-state index in [0.717, 1.165) is 12.2 Å². The number of nitrogens with zero attached hydrogens (tertiary/aromatic N) is 1. The highest BCUT2D eigenvalue weighted by Gasteiger charge is 2.09. The first-order chi connectivity index (χ1) is 7.15. The van der Waals surface area contributed by atoms with Crippen molar-refractivity contribution in [1.82, 2.24) is 5.32 Å². The molecule has 0 bridgehead atoms. The van der Waals surface area contributed by atoms with Crippen LogP contribution in [0.4, 0.5) is 5.69 Å². The van der Waals surface area contributed by atoms with Crippen molar-refractivity contribution in [3.8, 4) is 0 Å². The summed E-state index contributed by atoms with van der Waals surface area (Å²) in [4.78, 5) is 13.4. The molecule has 0 saturated heterocycles. The van der Waals surface area contributed by atoms with Crippen LogP contribution in [0, 0.1) is 6.92 Å². The molecule has 4 heteroatoms. The highest BCUT2D eigenvalue weighted by atomic mass is 35.5.